The standard InChI is InChI=1S/C17H20BrN3O/c18-14-6-4-5-13(11-14)17(7-2-1-3-8-17)16(22)21-12-15-19-9-10-20-15/h4-6,9-11H,1-3,7-8,12H2,(H,19,20)(H,21,22). The van der Waals surface area contributed by atoms with Crippen LogP contribution in [-0.4, -0.2) is 15.9 Å². The van der Waals surface area contributed by atoms with Crippen LogP contribution in [0.3, 0.4) is 0 Å². The number of imidazole rings is 1. The molecule has 1 saturated carbocycles. The summed E-state index contributed by atoms with van der Waals surface area (Å²) < 4.78 is 1.02. The van der Waals surface area contributed by atoms with Crippen LogP contribution < -0.4 is 5.32 Å². The minimum absolute atomic E-state index is 0.113. The predicted molar refractivity (Wildman–Crippen MR) is 89.3 cm³/mol. The molecular weight excluding hydrogens is 342 g/mol. The number of aromatic nitrogens is 2. The first-order valence-corrected chi connectivity index (χ1v) is 8.53. The van der Waals surface area contributed by atoms with Gasteiger partial charge in [0.2, 0.25) is 5.91 Å². The summed E-state index contributed by atoms with van der Waals surface area (Å²) in [7, 11) is 0. The molecule has 1 fully saturated rings. The number of benzene rings is 1. The molecule has 0 spiro atoms. The van der Waals surface area contributed by atoms with Crippen molar-refractivity contribution in [2.75, 3.05) is 0 Å². The third kappa shape index (κ3) is 3.09. The van der Waals surface area contributed by atoms with Crippen molar-refractivity contribution < 1.29 is 4.79 Å². The van der Waals surface area contributed by atoms with E-state index < -0.39 is 5.41 Å². The second-order valence-corrected chi connectivity index (χ2v) is 6.79. The molecule has 0 saturated heterocycles. The number of amides is 1. The minimum Gasteiger partial charge on any atom is -0.348 e. The van der Waals surface area contributed by atoms with Gasteiger partial charge in [-0.1, -0.05) is 47.3 Å². The highest BCUT2D eigenvalue weighted by atomic mass is 79.9. The maximum Gasteiger partial charge on any atom is 0.231 e. The van der Waals surface area contributed by atoms with E-state index in [0.717, 1.165) is 41.5 Å². The molecule has 0 aliphatic heterocycles. The van der Waals surface area contributed by atoms with Gasteiger partial charge in [-0.3, -0.25) is 4.79 Å². The lowest BCUT2D eigenvalue weighted by Crippen LogP contribution is -2.45. The first-order chi connectivity index (χ1) is 10.7. The van der Waals surface area contributed by atoms with Crippen LogP contribution in [0.5, 0.6) is 0 Å². The summed E-state index contributed by atoms with van der Waals surface area (Å²) >= 11 is 3.53. The Balaban J connectivity index is 1.83. The number of carbonyl (C=O) groups is 1. The zero-order chi connectivity index (χ0) is 15.4. The number of H-pyrrole nitrogens is 1. The van der Waals surface area contributed by atoms with Gasteiger partial charge in [-0.25, -0.2) is 4.98 Å². The second-order valence-electron chi connectivity index (χ2n) is 5.87. The summed E-state index contributed by atoms with van der Waals surface area (Å²) in [6.07, 6.45) is 8.70. The lowest BCUT2D eigenvalue weighted by molar-refractivity contribution is -0.128. The Morgan fingerprint density at radius 3 is 2.82 bits per heavy atom. The Bertz CT molecular complexity index is 633. The molecule has 1 aliphatic carbocycles. The zero-order valence-electron chi connectivity index (χ0n) is 12.4. The van der Waals surface area contributed by atoms with Gasteiger partial charge in [0.05, 0.1) is 12.0 Å². The maximum atomic E-state index is 13.0. The second kappa shape index (κ2) is 6.65. The van der Waals surface area contributed by atoms with Gasteiger partial charge in [0, 0.05) is 16.9 Å². The molecule has 4 nitrogen and oxygen atoms in total. The average Bonchev–Trinajstić information content (AvgIpc) is 3.06. The largest absolute Gasteiger partial charge is 0.348 e. The van der Waals surface area contributed by atoms with Gasteiger partial charge in [-0.05, 0) is 30.5 Å². The molecule has 1 aromatic heterocycles. The summed E-state index contributed by atoms with van der Waals surface area (Å²) in [4.78, 5) is 20.1. The fourth-order valence-electron chi connectivity index (χ4n) is 3.32. The van der Waals surface area contributed by atoms with Crippen LogP contribution in [0.25, 0.3) is 0 Å². The number of rotatable bonds is 4. The summed E-state index contributed by atoms with van der Waals surface area (Å²) in [5.41, 5.74) is 0.702. The van der Waals surface area contributed by atoms with Gasteiger partial charge in [-0.15, -0.1) is 0 Å². The van der Waals surface area contributed by atoms with Gasteiger partial charge < -0.3 is 10.3 Å². The van der Waals surface area contributed by atoms with E-state index in [-0.39, 0.29) is 5.91 Å². The van der Waals surface area contributed by atoms with E-state index in [2.05, 4.69) is 43.3 Å². The van der Waals surface area contributed by atoms with Crippen molar-refractivity contribution in [3.05, 3.63) is 52.5 Å². The highest BCUT2D eigenvalue weighted by molar-refractivity contribution is 9.10. The molecular formula is C17H20BrN3O. The lowest BCUT2D eigenvalue weighted by Gasteiger charge is -2.36. The lowest BCUT2D eigenvalue weighted by atomic mass is 9.68. The molecule has 0 unspecified atom stereocenters. The molecule has 1 heterocycles. The topological polar surface area (TPSA) is 57.8 Å². The van der Waals surface area contributed by atoms with Gasteiger partial charge in [0.1, 0.15) is 5.82 Å². The fourth-order valence-corrected chi connectivity index (χ4v) is 3.72. The molecule has 116 valence electrons. The molecule has 0 radical (unpaired) electrons. The van der Waals surface area contributed by atoms with E-state index in [1.54, 1.807) is 12.4 Å². The van der Waals surface area contributed by atoms with E-state index in [0.29, 0.717) is 6.54 Å². The smallest absolute Gasteiger partial charge is 0.231 e. The SMILES string of the molecule is O=C(NCc1ncc[nH]1)C1(c2cccc(Br)c2)CCCCC1. The van der Waals surface area contributed by atoms with E-state index in [1.807, 2.05) is 12.1 Å². The Morgan fingerprint density at radius 1 is 1.32 bits per heavy atom. The van der Waals surface area contributed by atoms with Gasteiger partial charge >= 0.3 is 0 Å². The van der Waals surface area contributed by atoms with Crippen LogP contribution in [0, 0.1) is 0 Å². The van der Waals surface area contributed by atoms with E-state index in [9.17, 15) is 4.79 Å². The van der Waals surface area contributed by atoms with E-state index in [1.165, 1.54) is 6.42 Å². The molecule has 0 bridgehead atoms. The number of nitrogens with one attached hydrogen (secondary N) is 2. The van der Waals surface area contributed by atoms with Crippen LogP contribution >= 0.6 is 15.9 Å². The van der Waals surface area contributed by atoms with Crippen molar-refractivity contribution in [2.45, 2.75) is 44.1 Å². The van der Waals surface area contributed by atoms with Gasteiger partial charge in [0.15, 0.2) is 0 Å². The number of hydrogen-bond acceptors (Lipinski definition) is 2. The summed E-state index contributed by atoms with van der Waals surface area (Å²) in [5, 5.41) is 3.07. The molecule has 5 heteroatoms. The van der Waals surface area contributed by atoms with Crippen LogP contribution in [0.2, 0.25) is 0 Å². The number of hydrogen-bond donors (Lipinski definition) is 2. The fraction of sp³-hybridized carbons (Fsp3) is 0.412. The van der Waals surface area contributed by atoms with Crippen LogP contribution in [0.15, 0.2) is 41.1 Å². The van der Waals surface area contributed by atoms with Crippen molar-refractivity contribution in [2.24, 2.45) is 0 Å². The van der Waals surface area contributed by atoms with Gasteiger partial charge in [0.25, 0.3) is 0 Å². The number of halogens is 1. The Morgan fingerprint density at radius 2 is 2.14 bits per heavy atom. The zero-order valence-corrected chi connectivity index (χ0v) is 14.0. The Kier molecular flexibility index (Phi) is 4.62. The highest BCUT2D eigenvalue weighted by Gasteiger charge is 2.41. The summed E-state index contributed by atoms with van der Waals surface area (Å²) in [6.45, 7) is 0.446. The molecule has 3 rings (SSSR count). The van der Waals surface area contributed by atoms with Crippen molar-refractivity contribution in [1.82, 2.24) is 15.3 Å². The third-order valence-electron chi connectivity index (χ3n) is 4.49. The number of nitrogens with zero attached hydrogens (tertiary/aromatic N) is 1. The molecule has 1 amide bonds. The molecule has 2 N–H and O–H groups in total. The van der Waals surface area contributed by atoms with Crippen LogP contribution in [0.4, 0.5) is 0 Å². The maximum absolute atomic E-state index is 13.0. The van der Waals surface area contributed by atoms with E-state index >= 15 is 0 Å². The first kappa shape index (κ1) is 15.3. The molecule has 1 aliphatic rings. The van der Waals surface area contributed by atoms with Crippen molar-refractivity contribution in [3.63, 3.8) is 0 Å². The average molecular weight is 362 g/mol. The quantitative estimate of drug-likeness (QED) is 0.872. The molecule has 1 aromatic carbocycles. The minimum atomic E-state index is -0.408. The van der Waals surface area contributed by atoms with Crippen molar-refractivity contribution >= 4 is 21.8 Å². The number of carbonyl (C=O) groups excluding carboxylic acids is 1. The normalized spacial score (nSPS) is 17.1. The molecule has 0 atom stereocenters. The van der Waals surface area contributed by atoms with Crippen molar-refractivity contribution in [1.29, 1.82) is 0 Å². The third-order valence-corrected chi connectivity index (χ3v) is 4.98. The van der Waals surface area contributed by atoms with Crippen molar-refractivity contribution in [3.8, 4) is 0 Å². The Hall–Kier alpha value is -1.62. The van der Waals surface area contributed by atoms with Crippen LogP contribution in [-0.2, 0) is 16.8 Å². The van der Waals surface area contributed by atoms with Crippen LogP contribution in [0.1, 0.15) is 43.5 Å². The number of aromatic amines is 1. The van der Waals surface area contributed by atoms with Gasteiger partial charge in [-0.2, -0.15) is 0 Å². The predicted octanol–water partition coefficient (Wildman–Crippen LogP) is 3.69. The van der Waals surface area contributed by atoms with E-state index in [4.69, 9.17) is 0 Å². The molecule has 2 aromatic rings. The molecule has 22 heavy (non-hydrogen) atoms. The summed E-state index contributed by atoms with van der Waals surface area (Å²) in [6, 6.07) is 8.16. The first-order valence-electron chi connectivity index (χ1n) is 7.73. The monoisotopic (exact) mass is 361 g/mol. The highest BCUT2D eigenvalue weighted by Crippen LogP contribution is 2.40. The Labute approximate surface area is 138 Å². The summed E-state index contributed by atoms with van der Waals surface area (Å²) in [5.74, 6) is 0.898.